The minimum absolute atomic E-state index is 0.109. The van der Waals surface area contributed by atoms with Gasteiger partial charge in [-0.3, -0.25) is 9.53 Å². The lowest BCUT2D eigenvalue weighted by atomic mass is 9.88. The molecule has 1 aromatic heterocycles. The van der Waals surface area contributed by atoms with Crippen molar-refractivity contribution >= 4 is 28.8 Å². The number of alkyl halides is 3. The van der Waals surface area contributed by atoms with E-state index in [1.54, 1.807) is 47.7 Å². The van der Waals surface area contributed by atoms with E-state index in [-0.39, 0.29) is 6.42 Å². The van der Waals surface area contributed by atoms with E-state index in [0.717, 1.165) is 22.8 Å². The van der Waals surface area contributed by atoms with Crippen LogP contribution in [0.5, 0.6) is 0 Å². The van der Waals surface area contributed by atoms with Crippen LogP contribution in [0.3, 0.4) is 0 Å². The van der Waals surface area contributed by atoms with Gasteiger partial charge in [0.25, 0.3) is 5.91 Å². The molecule has 0 saturated heterocycles. The molecule has 3 aromatic rings. The Morgan fingerprint density at radius 1 is 1.03 bits per heavy atom. The number of carbonyl (C=O) groups is 2. The second-order valence-corrected chi connectivity index (χ2v) is 9.06. The molecule has 0 fully saturated rings. The number of halogens is 3. The molecule has 0 aliphatic heterocycles. The maximum Gasteiger partial charge on any atom is 0.523 e. The Labute approximate surface area is 209 Å². The van der Waals surface area contributed by atoms with E-state index in [0.29, 0.717) is 11.1 Å². The quantitative estimate of drug-likeness (QED) is 0.397. The van der Waals surface area contributed by atoms with E-state index in [4.69, 9.17) is 0 Å². The van der Waals surface area contributed by atoms with Crippen LogP contribution in [0.1, 0.15) is 17.5 Å². The first kappa shape index (κ1) is 25.4. The predicted octanol–water partition coefficient (Wildman–Crippen LogP) is 5.85. The van der Waals surface area contributed by atoms with Crippen LogP contribution in [0.2, 0.25) is 0 Å². The third-order valence-corrected chi connectivity index (χ3v) is 6.48. The van der Waals surface area contributed by atoms with Gasteiger partial charge in [0, 0.05) is 12.8 Å². The van der Waals surface area contributed by atoms with Crippen molar-refractivity contribution in [2.75, 3.05) is 0 Å². The first-order chi connectivity index (χ1) is 17.2. The van der Waals surface area contributed by atoms with Gasteiger partial charge in [-0.25, -0.2) is 4.79 Å². The van der Waals surface area contributed by atoms with Crippen LogP contribution in [0.4, 0.5) is 13.2 Å². The van der Waals surface area contributed by atoms with Gasteiger partial charge in [0.05, 0.1) is 0 Å². The Kier molecular flexibility index (Phi) is 7.42. The summed E-state index contributed by atoms with van der Waals surface area (Å²) in [5, 5.41) is 15.9. The summed E-state index contributed by atoms with van der Waals surface area (Å²) in [5.74, 6) is -2.55. The summed E-state index contributed by atoms with van der Waals surface area (Å²) in [6.07, 6.45) is -1.76. The molecule has 1 aliphatic carbocycles. The van der Waals surface area contributed by atoms with Crippen molar-refractivity contribution in [1.29, 1.82) is 0 Å². The lowest BCUT2D eigenvalue weighted by Gasteiger charge is -2.32. The molecule has 36 heavy (non-hydrogen) atoms. The van der Waals surface area contributed by atoms with Crippen molar-refractivity contribution < 1.29 is 32.6 Å². The highest BCUT2D eigenvalue weighted by Gasteiger charge is 2.48. The summed E-state index contributed by atoms with van der Waals surface area (Å²) < 4.78 is 44.1. The summed E-state index contributed by atoms with van der Waals surface area (Å²) in [4.78, 5) is 25.0. The number of aliphatic carboxylic acids is 1. The van der Waals surface area contributed by atoms with E-state index in [2.05, 4.69) is 10.1 Å². The van der Waals surface area contributed by atoms with Crippen LogP contribution in [-0.2, 0) is 20.7 Å². The summed E-state index contributed by atoms with van der Waals surface area (Å²) in [6, 6.07) is 16.6. The highest BCUT2D eigenvalue weighted by Crippen LogP contribution is 2.35. The Bertz CT molecular complexity index is 1270. The lowest BCUT2D eigenvalue weighted by molar-refractivity contribution is -0.351. The van der Waals surface area contributed by atoms with E-state index < -0.39 is 36.3 Å². The fourth-order valence-corrected chi connectivity index (χ4v) is 4.61. The van der Waals surface area contributed by atoms with Crippen molar-refractivity contribution in [3.8, 4) is 11.1 Å². The molecule has 2 aromatic carbocycles. The molecule has 9 heteroatoms. The van der Waals surface area contributed by atoms with E-state index in [1.807, 2.05) is 35.0 Å². The number of carboxylic acids is 1. The van der Waals surface area contributed by atoms with Gasteiger partial charge in [0.2, 0.25) is 0 Å². The number of hydrogen-bond acceptors (Lipinski definition) is 4. The van der Waals surface area contributed by atoms with Crippen molar-refractivity contribution in [3.63, 3.8) is 0 Å². The number of ether oxygens (including phenoxy) is 1. The average molecular weight is 514 g/mol. The summed E-state index contributed by atoms with van der Waals surface area (Å²) in [7, 11) is 0. The first-order valence-corrected chi connectivity index (χ1v) is 12.0. The van der Waals surface area contributed by atoms with E-state index in [1.165, 1.54) is 12.2 Å². The normalized spacial score (nSPS) is 18.4. The van der Waals surface area contributed by atoms with Crippen LogP contribution >= 0.6 is 11.3 Å². The lowest BCUT2D eigenvalue weighted by Crippen LogP contribution is -2.55. The Balaban J connectivity index is 1.52. The number of hydrogen-bond donors (Lipinski definition) is 2. The number of allylic oxidation sites excluding steroid dienone is 2. The SMILES string of the molecule is O=C(O)C(Cc1ccc(-c2ccsc2)cc1)NC(=O)C1(OC(F)(F)F)C=CC(c2ccccc2)=CC1. The predicted molar refractivity (Wildman–Crippen MR) is 131 cm³/mol. The van der Waals surface area contributed by atoms with Crippen LogP contribution in [0.15, 0.2) is 89.7 Å². The first-order valence-electron chi connectivity index (χ1n) is 11.0. The van der Waals surface area contributed by atoms with Crippen LogP contribution in [-0.4, -0.2) is 35.0 Å². The standard InChI is InChI=1S/C27H22F3NO4S/c28-27(29,30)35-26(13-10-21(11-14-26)19-4-2-1-3-5-19)25(34)31-23(24(32)33)16-18-6-8-20(9-7-18)22-12-15-36-17-22/h1-13,15,17,23H,14,16H2,(H,31,34)(H,32,33). The van der Waals surface area contributed by atoms with Gasteiger partial charge in [-0.2, -0.15) is 11.3 Å². The molecule has 186 valence electrons. The van der Waals surface area contributed by atoms with E-state index in [9.17, 15) is 27.9 Å². The van der Waals surface area contributed by atoms with Crippen LogP contribution < -0.4 is 5.32 Å². The number of benzene rings is 2. The molecule has 2 unspecified atom stereocenters. The topological polar surface area (TPSA) is 75.6 Å². The van der Waals surface area contributed by atoms with Crippen LogP contribution in [0.25, 0.3) is 16.7 Å². The molecular formula is C27H22F3NO4S. The maximum atomic E-state index is 13.3. The zero-order valence-electron chi connectivity index (χ0n) is 18.9. The smallest absolute Gasteiger partial charge is 0.480 e. The Morgan fingerprint density at radius 3 is 2.31 bits per heavy atom. The molecule has 2 atom stereocenters. The number of carbonyl (C=O) groups excluding carboxylic acids is 1. The summed E-state index contributed by atoms with van der Waals surface area (Å²) in [6.45, 7) is 0. The molecule has 0 radical (unpaired) electrons. The molecular weight excluding hydrogens is 491 g/mol. The van der Waals surface area contributed by atoms with E-state index >= 15 is 0 Å². The molecule has 0 saturated carbocycles. The van der Waals surface area contributed by atoms with Gasteiger partial charge in [0.1, 0.15) is 6.04 Å². The van der Waals surface area contributed by atoms with Crippen molar-refractivity contribution in [2.24, 2.45) is 0 Å². The zero-order chi connectivity index (χ0) is 25.8. The van der Waals surface area contributed by atoms with Crippen molar-refractivity contribution in [1.82, 2.24) is 5.32 Å². The number of nitrogens with one attached hydrogen (secondary N) is 1. The fraction of sp³-hybridized carbons (Fsp3) is 0.185. The van der Waals surface area contributed by atoms with Crippen molar-refractivity contribution in [2.45, 2.75) is 30.8 Å². The van der Waals surface area contributed by atoms with Crippen LogP contribution in [0, 0.1) is 0 Å². The Hall–Kier alpha value is -3.69. The maximum absolute atomic E-state index is 13.3. The molecule has 1 amide bonds. The third-order valence-electron chi connectivity index (χ3n) is 5.80. The molecule has 5 nitrogen and oxygen atoms in total. The van der Waals surface area contributed by atoms with Gasteiger partial charge >= 0.3 is 12.3 Å². The third kappa shape index (κ3) is 6.10. The van der Waals surface area contributed by atoms with Gasteiger partial charge in [-0.05, 0) is 50.7 Å². The molecule has 1 aliphatic rings. The number of amides is 1. The van der Waals surface area contributed by atoms with Crippen molar-refractivity contribution in [3.05, 3.63) is 101 Å². The number of rotatable bonds is 8. The second-order valence-electron chi connectivity index (χ2n) is 8.28. The fourth-order valence-electron chi connectivity index (χ4n) is 3.94. The van der Waals surface area contributed by atoms with Gasteiger partial charge < -0.3 is 10.4 Å². The number of carboxylic acid groups (broad SMARTS) is 1. The monoisotopic (exact) mass is 513 g/mol. The molecule has 2 N–H and O–H groups in total. The number of thiophene rings is 1. The minimum atomic E-state index is -5.12. The van der Waals surface area contributed by atoms with Gasteiger partial charge in [0.15, 0.2) is 5.60 Å². The summed E-state index contributed by atoms with van der Waals surface area (Å²) in [5.41, 5.74) is 1.55. The second kappa shape index (κ2) is 10.5. The average Bonchev–Trinajstić information content (AvgIpc) is 3.39. The van der Waals surface area contributed by atoms with Gasteiger partial charge in [-0.15, -0.1) is 13.2 Å². The highest BCUT2D eigenvalue weighted by atomic mass is 32.1. The van der Waals surface area contributed by atoms with Gasteiger partial charge in [-0.1, -0.05) is 66.7 Å². The molecule has 1 heterocycles. The zero-order valence-corrected chi connectivity index (χ0v) is 19.7. The highest BCUT2D eigenvalue weighted by molar-refractivity contribution is 7.08. The largest absolute Gasteiger partial charge is 0.523 e. The Morgan fingerprint density at radius 2 is 1.75 bits per heavy atom. The minimum Gasteiger partial charge on any atom is -0.480 e. The molecule has 0 spiro atoms. The molecule has 0 bridgehead atoms. The summed E-state index contributed by atoms with van der Waals surface area (Å²) >= 11 is 1.55. The molecule has 4 rings (SSSR count).